The molecule has 11 heteroatoms. The maximum atomic E-state index is 6.97. The van der Waals surface area contributed by atoms with Gasteiger partial charge in [0.2, 0.25) is 0 Å². The van der Waals surface area contributed by atoms with Crippen molar-refractivity contribution in [1.82, 2.24) is 29.5 Å². The molecule has 196 valence electrons. The van der Waals surface area contributed by atoms with Crippen molar-refractivity contribution in [3.63, 3.8) is 0 Å². The number of benzene rings is 2. The van der Waals surface area contributed by atoms with E-state index in [1.54, 1.807) is 36.5 Å². The molecule has 0 radical (unpaired) electrons. The summed E-state index contributed by atoms with van der Waals surface area (Å²) in [4.78, 5) is 6.80. The highest BCUT2D eigenvalue weighted by Gasteiger charge is 2.59. The highest BCUT2D eigenvalue weighted by molar-refractivity contribution is 8.01. The van der Waals surface area contributed by atoms with Gasteiger partial charge in [-0.05, 0) is 24.3 Å². The van der Waals surface area contributed by atoms with Gasteiger partial charge in [-0.25, -0.2) is 19.3 Å². The second-order valence-corrected chi connectivity index (χ2v) is 13.9. The van der Waals surface area contributed by atoms with Gasteiger partial charge < -0.3 is 0 Å². The van der Waals surface area contributed by atoms with Crippen LogP contribution >= 0.6 is 58.2 Å². The minimum atomic E-state index is -0.923. The molecule has 2 unspecified atom stereocenters. The van der Waals surface area contributed by atoms with Gasteiger partial charge in [0.15, 0.2) is 0 Å². The zero-order chi connectivity index (χ0) is 27.2. The average Bonchev–Trinajstić information content (AvgIpc) is 3.49. The summed E-state index contributed by atoms with van der Waals surface area (Å²) >= 11 is 28.2. The largest absolute Gasteiger partial charge is 0.232 e. The van der Waals surface area contributed by atoms with Gasteiger partial charge in [0, 0.05) is 42.0 Å². The molecule has 0 aliphatic heterocycles. The van der Waals surface area contributed by atoms with Crippen LogP contribution < -0.4 is 0 Å². The lowest BCUT2D eigenvalue weighted by molar-refractivity contribution is 0.193. The van der Waals surface area contributed by atoms with E-state index in [-0.39, 0.29) is 0 Å². The number of nitrogens with zero attached hydrogens (tertiary/aromatic N) is 6. The van der Waals surface area contributed by atoms with Crippen molar-refractivity contribution in [2.45, 2.75) is 51.3 Å². The molecular formula is C26H28Cl4N6S. The van der Waals surface area contributed by atoms with E-state index < -0.39 is 20.6 Å². The van der Waals surface area contributed by atoms with Crippen molar-refractivity contribution in [2.24, 2.45) is 10.8 Å². The zero-order valence-electron chi connectivity index (χ0n) is 21.4. The Bertz CT molecular complexity index is 1270. The second kappa shape index (κ2) is 10.1. The summed E-state index contributed by atoms with van der Waals surface area (Å²) in [5.41, 5.74) is 0.693. The summed E-state index contributed by atoms with van der Waals surface area (Å²) in [6, 6.07) is 11.1. The molecule has 0 aliphatic rings. The number of hydrogen-bond acceptors (Lipinski definition) is 5. The van der Waals surface area contributed by atoms with Crippen molar-refractivity contribution in [3.05, 3.63) is 92.9 Å². The SMILES string of the molecule is CC(C)(C)C(SC(c1ccc(Cl)cc1Cl)(n1cncn1)C(C)(C)C)(c1ccc(Cl)cc1Cl)n1cncn1. The fourth-order valence-electron chi connectivity index (χ4n) is 4.74. The Balaban J connectivity index is 2.18. The van der Waals surface area contributed by atoms with Crippen LogP contribution in [0.1, 0.15) is 52.7 Å². The molecule has 4 aromatic rings. The first-order valence-electron chi connectivity index (χ1n) is 11.6. The van der Waals surface area contributed by atoms with Gasteiger partial charge in [-0.3, -0.25) is 0 Å². The van der Waals surface area contributed by atoms with E-state index in [2.05, 4.69) is 61.7 Å². The van der Waals surface area contributed by atoms with Crippen LogP contribution in [0.4, 0.5) is 0 Å². The molecule has 4 rings (SSSR count). The van der Waals surface area contributed by atoms with Crippen LogP contribution in [0.3, 0.4) is 0 Å². The highest BCUT2D eigenvalue weighted by Crippen LogP contribution is 2.64. The molecule has 0 aliphatic carbocycles. The lowest BCUT2D eigenvalue weighted by Crippen LogP contribution is -2.53. The maximum Gasteiger partial charge on any atom is 0.143 e. The predicted molar refractivity (Wildman–Crippen MR) is 154 cm³/mol. The molecule has 0 spiro atoms. The quantitative estimate of drug-likeness (QED) is 0.223. The van der Waals surface area contributed by atoms with Crippen LogP contribution in [-0.2, 0) is 9.74 Å². The molecule has 0 saturated heterocycles. The van der Waals surface area contributed by atoms with E-state index in [4.69, 9.17) is 46.4 Å². The van der Waals surface area contributed by atoms with Crippen LogP contribution in [0.2, 0.25) is 20.1 Å². The number of halogens is 4. The topological polar surface area (TPSA) is 61.4 Å². The highest BCUT2D eigenvalue weighted by atomic mass is 35.5. The Labute approximate surface area is 241 Å². The first-order valence-corrected chi connectivity index (χ1v) is 13.9. The fourth-order valence-corrected chi connectivity index (χ4v) is 7.93. The normalized spacial score (nSPS) is 15.8. The molecule has 2 atom stereocenters. The lowest BCUT2D eigenvalue weighted by atomic mass is 9.80. The van der Waals surface area contributed by atoms with Crippen molar-refractivity contribution in [3.8, 4) is 0 Å². The molecule has 2 aromatic heterocycles. The molecule has 0 N–H and O–H groups in total. The summed E-state index contributed by atoms with van der Waals surface area (Å²) in [7, 11) is 0. The smallest absolute Gasteiger partial charge is 0.143 e. The van der Waals surface area contributed by atoms with Crippen molar-refractivity contribution >= 4 is 58.2 Å². The summed E-state index contributed by atoms with van der Waals surface area (Å²) in [6.45, 7) is 12.9. The molecule has 0 bridgehead atoms. The van der Waals surface area contributed by atoms with Gasteiger partial charge in [-0.15, -0.1) is 0 Å². The fraction of sp³-hybridized carbons (Fsp3) is 0.385. The van der Waals surface area contributed by atoms with Gasteiger partial charge in [0.1, 0.15) is 35.1 Å². The number of aromatic nitrogens is 6. The molecule has 0 saturated carbocycles. The van der Waals surface area contributed by atoms with Gasteiger partial charge in [-0.1, -0.05) is 112 Å². The lowest BCUT2D eigenvalue weighted by Gasteiger charge is -2.54. The maximum absolute atomic E-state index is 6.97. The van der Waals surface area contributed by atoms with Crippen LogP contribution in [0, 0.1) is 10.8 Å². The standard InChI is InChI=1S/C26H28Cl4N6S/c1-23(2,3)25(35-15-31-13-33-35,19-9-7-17(27)11-21(19)29)37-26(24(4,5)6,36-16-32-14-34-36)20-10-8-18(28)12-22(20)30/h7-16H,1-6H3. The third-order valence-electron chi connectivity index (χ3n) is 6.40. The molecule has 37 heavy (non-hydrogen) atoms. The average molecular weight is 598 g/mol. The van der Waals surface area contributed by atoms with Crippen LogP contribution in [0.15, 0.2) is 61.7 Å². The zero-order valence-corrected chi connectivity index (χ0v) is 25.2. The summed E-state index contributed by atoms with van der Waals surface area (Å²) < 4.78 is 3.71. The minimum Gasteiger partial charge on any atom is -0.232 e. The van der Waals surface area contributed by atoms with E-state index in [0.29, 0.717) is 20.1 Å². The van der Waals surface area contributed by atoms with E-state index in [1.807, 2.05) is 33.6 Å². The van der Waals surface area contributed by atoms with E-state index in [0.717, 1.165) is 11.1 Å². The van der Waals surface area contributed by atoms with Gasteiger partial charge in [0.25, 0.3) is 0 Å². The second-order valence-electron chi connectivity index (χ2n) is 10.8. The Morgan fingerprint density at radius 1 is 0.622 bits per heavy atom. The third-order valence-corrected chi connectivity index (χ3v) is 10.1. The summed E-state index contributed by atoms with van der Waals surface area (Å²) in [5.74, 6) is 0. The molecule has 6 nitrogen and oxygen atoms in total. The van der Waals surface area contributed by atoms with Gasteiger partial charge >= 0.3 is 0 Å². The summed E-state index contributed by atoms with van der Waals surface area (Å²) in [5, 5.41) is 11.4. The molecule has 2 aromatic carbocycles. The van der Waals surface area contributed by atoms with Crippen LogP contribution in [0.25, 0.3) is 0 Å². The monoisotopic (exact) mass is 596 g/mol. The van der Waals surface area contributed by atoms with Gasteiger partial charge in [-0.2, -0.15) is 10.2 Å². The Morgan fingerprint density at radius 2 is 1.00 bits per heavy atom. The number of hydrogen-bond donors (Lipinski definition) is 0. The number of rotatable bonds is 6. The molecule has 2 heterocycles. The Kier molecular flexibility index (Phi) is 7.70. The molecule has 0 amide bonds. The Hall–Kier alpha value is -1.77. The number of thioether (sulfide) groups is 1. The predicted octanol–water partition coefficient (Wildman–Crippen LogP) is 8.41. The molecule has 0 fully saturated rings. The van der Waals surface area contributed by atoms with Gasteiger partial charge in [0.05, 0.1) is 0 Å². The molecular weight excluding hydrogens is 570 g/mol. The first-order chi connectivity index (χ1) is 17.2. The van der Waals surface area contributed by atoms with Crippen molar-refractivity contribution in [2.75, 3.05) is 0 Å². The minimum absolute atomic E-state index is 0.473. The van der Waals surface area contributed by atoms with Crippen molar-refractivity contribution in [1.29, 1.82) is 0 Å². The third kappa shape index (κ3) is 4.78. The van der Waals surface area contributed by atoms with Crippen molar-refractivity contribution < 1.29 is 0 Å². The summed E-state index contributed by atoms with van der Waals surface area (Å²) in [6.07, 6.45) is 6.46. The first kappa shape index (κ1) is 28.2. The van der Waals surface area contributed by atoms with Crippen LogP contribution in [0.5, 0.6) is 0 Å². The van der Waals surface area contributed by atoms with E-state index in [9.17, 15) is 0 Å². The van der Waals surface area contributed by atoms with E-state index in [1.165, 1.54) is 12.7 Å². The van der Waals surface area contributed by atoms with Crippen LogP contribution in [-0.4, -0.2) is 29.5 Å². The van der Waals surface area contributed by atoms with E-state index >= 15 is 0 Å². The Morgan fingerprint density at radius 3 is 1.27 bits per heavy atom.